The van der Waals surface area contributed by atoms with Crippen molar-refractivity contribution in [1.29, 1.82) is 0 Å². The van der Waals surface area contributed by atoms with Crippen molar-refractivity contribution in [2.45, 2.75) is 11.3 Å². The molecule has 4 nitrogen and oxygen atoms in total. The molecule has 0 spiro atoms. The number of carboxylic acid groups (broad SMARTS) is 1. The van der Waals surface area contributed by atoms with Crippen LogP contribution in [0.3, 0.4) is 0 Å². The Hall–Kier alpha value is -1.85. The van der Waals surface area contributed by atoms with Crippen molar-refractivity contribution in [3.63, 3.8) is 0 Å². The topological polar surface area (TPSA) is 71.4 Å². The van der Waals surface area contributed by atoms with E-state index in [0.29, 0.717) is 16.7 Å². The summed E-state index contributed by atoms with van der Waals surface area (Å²) in [6.45, 7) is 0. The van der Waals surface area contributed by atoms with Crippen LogP contribution >= 0.6 is 11.6 Å². The summed E-state index contributed by atoms with van der Waals surface area (Å²) in [7, 11) is -3.53. The predicted molar refractivity (Wildman–Crippen MR) is 81.1 cm³/mol. The number of carbonyl (C=O) groups is 1. The number of carboxylic acids is 1. The molecule has 0 aliphatic carbocycles. The van der Waals surface area contributed by atoms with Crippen LogP contribution in [-0.4, -0.2) is 24.7 Å². The van der Waals surface area contributed by atoms with Gasteiger partial charge in [0.25, 0.3) is 0 Å². The van der Waals surface area contributed by atoms with Crippen LogP contribution in [0.1, 0.15) is 5.56 Å². The normalized spacial score (nSPS) is 11.3. The van der Waals surface area contributed by atoms with Gasteiger partial charge >= 0.3 is 5.97 Å². The Morgan fingerprint density at radius 1 is 1.05 bits per heavy atom. The lowest BCUT2D eigenvalue weighted by atomic mass is 10.0. The Morgan fingerprint density at radius 2 is 1.67 bits per heavy atom. The molecule has 0 aromatic heterocycles. The molecule has 2 aromatic rings. The highest BCUT2D eigenvalue weighted by atomic mass is 35.5. The molecular formula is C15H13ClO4S. The Kier molecular flexibility index (Phi) is 4.65. The summed E-state index contributed by atoms with van der Waals surface area (Å²) in [4.78, 5) is 10.8. The average molecular weight is 325 g/mol. The molecule has 110 valence electrons. The first-order chi connectivity index (χ1) is 9.94. The Labute approximate surface area is 127 Å². The molecule has 0 radical (unpaired) electrons. The Balaban J connectivity index is 2.46. The second-order valence-electron chi connectivity index (χ2n) is 4.49. The SMILES string of the molecule is O=C(O)Cc1ccc(-c2ccccc2S(=O)(=O)CCl)cc1. The summed E-state index contributed by atoms with van der Waals surface area (Å²) in [5, 5.41) is 8.26. The summed E-state index contributed by atoms with van der Waals surface area (Å²) in [5.74, 6) is -0.909. The smallest absolute Gasteiger partial charge is 0.307 e. The van der Waals surface area contributed by atoms with E-state index in [1.54, 1.807) is 42.5 Å². The van der Waals surface area contributed by atoms with E-state index in [9.17, 15) is 13.2 Å². The van der Waals surface area contributed by atoms with Crippen LogP contribution in [0.15, 0.2) is 53.4 Å². The van der Waals surface area contributed by atoms with Crippen molar-refractivity contribution in [3.8, 4) is 11.1 Å². The minimum Gasteiger partial charge on any atom is -0.481 e. The minimum absolute atomic E-state index is 0.0676. The zero-order valence-electron chi connectivity index (χ0n) is 11.0. The highest BCUT2D eigenvalue weighted by Gasteiger charge is 2.17. The van der Waals surface area contributed by atoms with Gasteiger partial charge < -0.3 is 5.11 Å². The fraction of sp³-hybridized carbons (Fsp3) is 0.133. The van der Waals surface area contributed by atoms with Crippen LogP contribution in [0.4, 0.5) is 0 Å². The zero-order chi connectivity index (χ0) is 15.5. The van der Waals surface area contributed by atoms with E-state index < -0.39 is 21.0 Å². The molecule has 0 heterocycles. The highest BCUT2D eigenvalue weighted by molar-refractivity contribution is 7.92. The third-order valence-electron chi connectivity index (χ3n) is 2.99. The van der Waals surface area contributed by atoms with E-state index in [0.717, 1.165) is 0 Å². The van der Waals surface area contributed by atoms with Crippen LogP contribution in [0, 0.1) is 0 Å². The lowest BCUT2D eigenvalue weighted by Gasteiger charge is -2.09. The van der Waals surface area contributed by atoms with Crippen LogP contribution in [0.2, 0.25) is 0 Å². The number of aliphatic carboxylic acids is 1. The van der Waals surface area contributed by atoms with Gasteiger partial charge in [0.15, 0.2) is 9.84 Å². The maximum Gasteiger partial charge on any atom is 0.307 e. The first kappa shape index (κ1) is 15.5. The standard InChI is InChI=1S/C15H13ClO4S/c16-10-21(19,20)14-4-2-1-3-13(14)12-7-5-11(6-8-12)9-15(17)18/h1-8H,9-10H2,(H,17,18). The van der Waals surface area contributed by atoms with Gasteiger partial charge in [-0.1, -0.05) is 42.5 Å². The minimum atomic E-state index is -3.53. The van der Waals surface area contributed by atoms with Gasteiger partial charge in [-0.15, -0.1) is 11.6 Å². The third kappa shape index (κ3) is 3.62. The molecule has 0 atom stereocenters. The fourth-order valence-electron chi connectivity index (χ4n) is 2.01. The molecule has 2 rings (SSSR count). The van der Waals surface area contributed by atoms with Gasteiger partial charge in [-0.25, -0.2) is 8.42 Å². The van der Waals surface area contributed by atoms with E-state index in [4.69, 9.17) is 16.7 Å². The van der Waals surface area contributed by atoms with Crippen LogP contribution < -0.4 is 0 Å². The summed E-state index contributed by atoms with van der Waals surface area (Å²) < 4.78 is 24.0. The largest absolute Gasteiger partial charge is 0.481 e. The maximum atomic E-state index is 12.0. The fourth-order valence-corrected chi connectivity index (χ4v) is 3.29. The molecule has 1 N–H and O–H groups in total. The van der Waals surface area contributed by atoms with E-state index in [1.165, 1.54) is 6.07 Å². The summed E-state index contributed by atoms with van der Waals surface area (Å²) in [6.07, 6.45) is -0.0676. The van der Waals surface area contributed by atoms with Crippen molar-refractivity contribution in [3.05, 3.63) is 54.1 Å². The van der Waals surface area contributed by atoms with Gasteiger partial charge in [0.1, 0.15) is 5.21 Å². The molecule has 0 amide bonds. The van der Waals surface area contributed by atoms with Gasteiger partial charge in [0.05, 0.1) is 11.3 Å². The number of benzene rings is 2. The van der Waals surface area contributed by atoms with Gasteiger partial charge in [0.2, 0.25) is 0 Å². The summed E-state index contributed by atoms with van der Waals surface area (Å²) >= 11 is 5.52. The van der Waals surface area contributed by atoms with Crippen LogP contribution in [0.5, 0.6) is 0 Å². The number of sulfone groups is 1. The molecule has 0 aliphatic rings. The number of rotatable bonds is 5. The van der Waals surface area contributed by atoms with Gasteiger partial charge in [-0.3, -0.25) is 4.79 Å². The second kappa shape index (κ2) is 6.28. The molecule has 0 bridgehead atoms. The first-order valence-corrected chi connectivity index (χ1v) is 8.31. The maximum absolute atomic E-state index is 12.0. The van der Waals surface area contributed by atoms with Crippen molar-refractivity contribution in [1.82, 2.24) is 0 Å². The predicted octanol–water partition coefficient (Wildman–Crippen LogP) is 2.95. The Morgan fingerprint density at radius 3 is 2.24 bits per heavy atom. The highest BCUT2D eigenvalue weighted by Crippen LogP contribution is 2.28. The van der Waals surface area contributed by atoms with Crippen LogP contribution in [-0.2, 0) is 21.1 Å². The first-order valence-electron chi connectivity index (χ1n) is 6.13. The monoisotopic (exact) mass is 324 g/mol. The Bertz CT molecular complexity index is 751. The van der Waals surface area contributed by atoms with Gasteiger partial charge in [-0.05, 0) is 17.2 Å². The molecule has 0 aliphatic heterocycles. The van der Waals surface area contributed by atoms with Crippen molar-refractivity contribution in [2.75, 3.05) is 5.21 Å². The molecule has 0 saturated carbocycles. The summed E-state index contributed by atoms with van der Waals surface area (Å²) in [6, 6.07) is 13.4. The molecule has 2 aromatic carbocycles. The lowest BCUT2D eigenvalue weighted by molar-refractivity contribution is -0.136. The average Bonchev–Trinajstić information content (AvgIpc) is 2.47. The van der Waals surface area contributed by atoms with Crippen molar-refractivity contribution >= 4 is 27.4 Å². The van der Waals surface area contributed by atoms with Gasteiger partial charge in [0, 0.05) is 5.56 Å². The van der Waals surface area contributed by atoms with Gasteiger partial charge in [-0.2, -0.15) is 0 Å². The van der Waals surface area contributed by atoms with Crippen molar-refractivity contribution < 1.29 is 18.3 Å². The number of halogens is 1. The van der Waals surface area contributed by atoms with E-state index in [1.807, 2.05) is 0 Å². The second-order valence-corrected chi connectivity index (χ2v) is 7.03. The quantitative estimate of drug-likeness (QED) is 0.858. The molecule has 6 heteroatoms. The van der Waals surface area contributed by atoms with E-state index in [2.05, 4.69) is 0 Å². The molecular weight excluding hydrogens is 312 g/mol. The third-order valence-corrected chi connectivity index (χ3v) is 5.16. The molecule has 0 unspecified atom stereocenters. The lowest BCUT2D eigenvalue weighted by Crippen LogP contribution is -2.04. The molecule has 0 fully saturated rings. The van der Waals surface area contributed by atoms with Crippen molar-refractivity contribution in [2.24, 2.45) is 0 Å². The zero-order valence-corrected chi connectivity index (χ0v) is 12.6. The summed E-state index contributed by atoms with van der Waals surface area (Å²) in [5.41, 5.74) is 1.91. The molecule has 21 heavy (non-hydrogen) atoms. The number of hydrogen-bond donors (Lipinski definition) is 1. The van der Waals surface area contributed by atoms with E-state index >= 15 is 0 Å². The molecule has 0 saturated heterocycles. The van der Waals surface area contributed by atoms with Crippen LogP contribution in [0.25, 0.3) is 11.1 Å². The number of alkyl halides is 1. The van der Waals surface area contributed by atoms with E-state index in [-0.39, 0.29) is 11.3 Å². The number of hydrogen-bond acceptors (Lipinski definition) is 3.